The second-order valence-corrected chi connectivity index (χ2v) is 9.74. The molecule has 2 aromatic heterocycles. The lowest BCUT2D eigenvalue weighted by Gasteiger charge is -2.18. The summed E-state index contributed by atoms with van der Waals surface area (Å²) in [6.45, 7) is 3.97. The SMILES string of the molecule is COC(=O)C(CC(C)C)NC(=O)CSCc1nc2sc3c(c2c(=O)[nH]1)CCCC3. The van der Waals surface area contributed by atoms with Crippen LogP contribution in [0.2, 0.25) is 0 Å². The highest BCUT2D eigenvalue weighted by atomic mass is 32.2. The van der Waals surface area contributed by atoms with E-state index in [1.54, 1.807) is 11.3 Å². The number of amides is 1. The summed E-state index contributed by atoms with van der Waals surface area (Å²) in [7, 11) is 1.32. The zero-order chi connectivity index (χ0) is 21.0. The number of H-pyrrole nitrogens is 1. The number of aromatic nitrogens is 2. The number of nitrogens with zero attached hydrogens (tertiary/aromatic N) is 1. The number of thioether (sulfide) groups is 1. The number of esters is 1. The van der Waals surface area contributed by atoms with Gasteiger partial charge in [0, 0.05) is 4.88 Å². The topological polar surface area (TPSA) is 101 Å². The molecule has 0 bridgehead atoms. The maximum absolute atomic E-state index is 12.6. The van der Waals surface area contributed by atoms with Crippen molar-refractivity contribution in [2.45, 2.75) is 57.7 Å². The summed E-state index contributed by atoms with van der Waals surface area (Å²) in [4.78, 5) is 46.2. The lowest BCUT2D eigenvalue weighted by Crippen LogP contribution is -2.43. The lowest BCUT2D eigenvalue weighted by atomic mass is 9.97. The summed E-state index contributed by atoms with van der Waals surface area (Å²) in [5.74, 6) is 0.759. The van der Waals surface area contributed by atoms with E-state index >= 15 is 0 Å². The van der Waals surface area contributed by atoms with Crippen molar-refractivity contribution in [2.24, 2.45) is 5.92 Å². The van der Waals surface area contributed by atoms with Crippen LogP contribution in [0.15, 0.2) is 4.79 Å². The van der Waals surface area contributed by atoms with Crippen LogP contribution in [0.4, 0.5) is 0 Å². The van der Waals surface area contributed by atoms with E-state index in [0.29, 0.717) is 18.0 Å². The number of aromatic amines is 1. The molecule has 2 N–H and O–H groups in total. The van der Waals surface area contributed by atoms with Crippen LogP contribution in [0.5, 0.6) is 0 Å². The van der Waals surface area contributed by atoms with E-state index < -0.39 is 12.0 Å². The van der Waals surface area contributed by atoms with Gasteiger partial charge in [0.25, 0.3) is 5.56 Å². The Morgan fingerprint density at radius 3 is 2.79 bits per heavy atom. The minimum atomic E-state index is -0.639. The Kier molecular flexibility index (Phi) is 7.34. The van der Waals surface area contributed by atoms with Gasteiger partial charge in [-0.05, 0) is 43.6 Å². The smallest absolute Gasteiger partial charge is 0.328 e. The van der Waals surface area contributed by atoms with Gasteiger partial charge in [0.05, 0.1) is 24.0 Å². The van der Waals surface area contributed by atoms with Gasteiger partial charge in [0.2, 0.25) is 5.91 Å². The molecule has 2 aromatic rings. The molecule has 1 aliphatic rings. The second kappa shape index (κ2) is 9.75. The van der Waals surface area contributed by atoms with Gasteiger partial charge in [-0.25, -0.2) is 9.78 Å². The average molecular weight is 438 g/mol. The van der Waals surface area contributed by atoms with Gasteiger partial charge in [0.1, 0.15) is 16.7 Å². The Morgan fingerprint density at radius 1 is 1.31 bits per heavy atom. The highest BCUT2D eigenvalue weighted by Crippen LogP contribution is 2.33. The molecule has 29 heavy (non-hydrogen) atoms. The van der Waals surface area contributed by atoms with E-state index in [1.165, 1.54) is 35.7 Å². The van der Waals surface area contributed by atoms with E-state index in [2.05, 4.69) is 15.3 Å². The van der Waals surface area contributed by atoms with Crippen LogP contribution in [-0.2, 0) is 32.9 Å². The van der Waals surface area contributed by atoms with Gasteiger partial charge in [-0.3, -0.25) is 9.59 Å². The molecule has 0 spiro atoms. The molecule has 0 saturated heterocycles. The Balaban J connectivity index is 1.60. The number of fused-ring (bicyclic) bond motifs is 3. The number of rotatable bonds is 8. The third kappa shape index (κ3) is 5.39. The zero-order valence-electron chi connectivity index (χ0n) is 17.0. The molecule has 1 amide bonds. The molecule has 1 atom stereocenters. The first kappa shape index (κ1) is 21.8. The minimum Gasteiger partial charge on any atom is -0.467 e. The molecule has 7 nitrogen and oxygen atoms in total. The molecular weight excluding hydrogens is 410 g/mol. The summed E-state index contributed by atoms with van der Waals surface area (Å²) in [5.41, 5.74) is 1.08. The van der Waals surface area contributed by atoms with Gasteiger partial charge in [-0.15, -0.1) is 23.1 Å². The van der Waals surface area contributed by atoms with Crippen molar-refractivity contribution in [2.75, 3.05) is 12.9 Å². The first-order valence-electron chi connectivity index (χ1n) is 9.87. The fraction of sp³-hybridized carbons (Fsp3) is 0.600. The molecule has 0 radical (unpaired) electrons. The largest absolute Gasteiger partial charge is 0.467 e. The molecule has 0 aliphatic heterocycles. The first-order valence-corrected chi connectivity index (χ1v) is 11.8. The fourth-order valence-corrected chi connectivity index (χ4v) is 5.56. The first-order chi connectivity index (χ1) is 13.9. The number of aryl methyl sites for hydroxylation is 2. The summed E-state index contributed by atoms with van der Waals surface area (Å²) < 4.78 is 4.77. The molecule has 3 rings (SSSR count). The van der Waals surface area contributed by atoms with Crippen LogP contribution >= 0.6 is 23.1 Å². The molecule has 0 fully saturated rings. The number of thiophene rings is 1. The maximum Gasteiger partial charge on any atom is 0.328 e. The molecule has 2 heterocycles. The third-order valence-corrected chi connectivity index (χ3v) is 7.00. The van der Waals surface area contributed by atoms with E-state index in [9.17, 15) is 14.4 Å². The van der Waals surface area contributed by atoms with Gasteiger partial charge >= 0.3 is 5.97 Å². The van der Waals surface area contributed by atoms with Gasteiger partial charge < -0.3 is 15.0 Å². The Hall–Kier alpha value is -1.87. The normalized spacial score (nSPS) is 14.6. The highest BCUT2D eigenvalue weighted by molar-refractivity contribution is 7.99. The summed E-state index contributed by atoms with van der Waals surface area (Å²) in [5, 5.41) is 3.48. The Bertz CT molecular complexity index is 951. The monoisotopic (exact) mass is 437 g/mol. The third-order valence-electron chi connectivity index (χ3n) is 4.87. The van der Waals surface area contributed by atoms with Crippen molar-refractivity contribution in [1.82, 2.24) is 15.3 Å². The van der Waals surface area contributed by atoms with Crippen LogP contribution in [0.1, 0.15) is 49.4 Å². The molecular formula is C20H27N3O4S2. The van der Waals surface area contributed by atoms with E-state index in [-0.39, 0.29) is 23.1 Å². The average Bonchev–Trinajstić information content (AvgIpc) is 3.05. The Labute approximate surface area is 178 Å². The van der Waals surface area contributed by atoms with E-state index in [0.717, 1.165) is 29.5 Å². The predicted molar refractivity (Wildman–Crippen MR) is 116 cm³/mol. The summed E-state index contributed by atoms with van der Waals surface area (Å²) in [6, 6.07) is -0.639. The van der Waals surface area contributed by atoms with Crippen molar-refractivity contribution in [3.05, 3.63) is 26.6 Å². The van der Waals surface area contributed by atoms with Gasteiger partial charge in [-0.1, -0.05) is 13.8 Å². The van der Waals surface area contributed by atoms with Crippen LogP contribution in [0.3, 0.4) is 0 Å². The lowest BCUT2D eigenvalue weighted by molar-refractivity contribution is -0.145. The van der Waals surface area contributed by atoms with E-state index in [1.807, 2.05) is 13.8 Å². The zero-order valence-corrected chi connectivity index (χ0v) is 18.6. The van der Waals surface area contributed by atoms with Crippen molar-refractivity contribution in [3.8, 4) is 0 Å². The Morgan fingerprint density at radius 2 is 2.07 bits per heavy atom. The molecule has 158 valence electrons. The second-order valence-electron chi connectivity index (χ2n) is 7.67. The highest BCUT2D eigenvalue weighted by Gasteiger charge is 2.23. The minimum absolute atomic E-state index is 0.0860. The number of nitrogens with one attached hydrogen (secondary N) is 2. The molecule has 1 aliphatic carbocycles. The number of carbonyl (C=O) groups is 2. The van der Waals surface area contributed by atoms with Crippen molar-refractivity contribution < 1.29 is 14.3 Å². The van der Waals surface area contributed by atoms with Crippen molar-refractivity contribution in [1.29, 1.82) is 0 Å². The fourth-order valence-electron chi connectivity index (χ4n) is 3.58. The van der Waals surface area contributed by atoms with Gasteiger partial charge in [0.15, 0.2) is 0 Å². The molecule has 1 unspecified atom stereocenters. The molecule has 0 saturated carbocycles. The molecule has 9 heteroatoms. The van der Waals surface area contributed by atoms with E-state index in [4.69, 9.17) is 4.74 Å². The van der Waals surface area contributed by atoms with Crippen molar-refractivity contribution >= 4 is 45.2 Å². The van der Waals surface area contributed by atoms with Crippen molar-refractivity contribution in [3.63, 3.8) is 0 Å². The van der Waals surface area contributed by atoms with Crippen LogP contribution in [0, 0.1) is 5.92 Å². The standard InChI is InChI=1S/C20H27N3O4S2/c1-11(2)8-13(20(26)27-3)21-16(24)10-28-9-15-22-18(25)17-12-6-4-5-7-14(12)29-19(17)23-15/h11,13H,4-10H2,1-3H3,(H,21,24)(H,22,23,25). The number of ether oxygens (including phenoxy) is 1. The summed E-state index contributed by atoms with van der Waals surface area (Å²) >= 11 is 2.97. The number of hydrogen-bond donors (Lipinski definition) is 2. The quantitative estimate of drug-likeness (QED) is 0.616. The van der Waals surface area contributed by atoms with Gasteiger partial charge in [-0.2, -0.15) is 0 Å². The van der Waals surface area contributed by atoms with Crippen LogP contribution in [0.25, 0.3) is 10.2 Å². The number of carbonyl (C=O) groups excluding carboxylic acids is 2. The molecule has 0 aromatic carbocycles. The summed E-state index contributed by atoms with van der Waals surface area (Å²) in [6.07, 6.45) is 4.79. The van der Waals surface area contributed by atoms with Crippen LogP contribution in [-0.4, -0.2) is 40.7 Å². The maximum atomic E-state index is 12.6. The number of methoxy groups -OCH3 is 1. The van der Waals surface area contributed by atoms with Crippen LogP contribution < -0.4 is 10.9 Å². The predicted octanol–water partition coefficient (Wildman–Crippen LogP) is 2.80. The number of hydrogen-bond acceptors (Lipinski definition) is 7.